The van der Waals surface area contributed by atoms with E-state index < -0.39 is 25.2 Å². The molecule has 0 radical (unpaired) electrons. The number of carbonyl (C=O) groups is 1. The highest BCUT2D eigenvalue weighted by Crippen LogP contribution is 2.14. The summed E-state index contributed by atoms with van der Waals surface area (Å²) in [6, 6.07) is 0.0660. The van der Waals surface area contributed by atoms with E-state index in [-0.39, 0.29) is 13.2 Å². The van der Waals surface area contributed by atoms with Crippen LogP contribution < -0.4 is 10.6 Å². The van der Waals surface area contributed by atoms with Crippen molar-refractivity contribution >= 4 is 25.2 Å². The van der Waals surface area contributed by atoms with Gasteiger partial charge in [0, 0.05) is 40.5 Å². The Morgan fingerprint density at radius 3 is 2.10 bits per heavy atom. The molecule has 0 heterocycles. The number of amides is 2. The van der Waals surface area contributed by atoms with Gasteiger partial charge in [-0.1, -0.05) is 0 Å². The molecule has 126 valence electrons. The summed E-state index contributed by atoms with van der Waals surface area (Å²) < 4.78 is 48.5. The summed E-state index contributed by atoms with van der Waals surface area (Å²) in [6.07, 6.45) is 0.594. The van der Waals surface area contributed by atoms with Crippen LogP contribution in [0.5, 0.6) is 0 Å². The molecule has 0 rings (SSSR count). The van der Waals surface area contributed by atoms with Gasteiger partial charge in [0.05, 0.1) is 6.61 Å². The summed E-state index contributed by atoms with van der Waals surface area (Å²) in [7, 11) is -2.58. The lowest BCUT2D eigenvalue weighted by atomic mass is 10.5. The molecule has 0 aromatic heterocycles. The molecule has 0 fully saturated rings. The van der Waals surface area contributed by atoms with Gasteiger partial charge in [-0.05, 0) is 6.42 Å². The molecule has 0 spiro atoms. The molecule has 3 N–H and O–H groups in total. The summed E-state index contributed by atoms with van der Waals surface area (Å²) in [5, 5.41) is 4.92. The fourth-order valence-electron chi connectivity index (χ4n) is 1.44. The first-order chi connectivity index (χ1) is 9.78. The van der Waals surface area contributed by atoms with Gasteiger partial charge in [-0.2, -0.15) is 8.42 Å². The van der Waals surface area contributed by atoms with Gasteiger partial charge in [0.1, 0.15) is 0 Å². The van der Waals surface area contributed by atoms with Crippen LogP contribution in [0.15, 0.2) is 0 Å². The quantitative estimate of drug-likeness (QED) is 0.256. The number of urea groups is 1. The van der Waals surface area contributed by atoms with E-state index >= 15 is 0 Å². The van der Waals surface area contributed by atoms with Crippen molar-refractivity contribution in [2.24, 2.45) is 0 Å². The first kappa shape index (κ1) is 20.2. The van der Waals surface area contributed by atoms with Crippen molar-refractivity contribution in [3.63, 3.8) is 0 Å². The third-order valence-electron chi connectivity index (χ3n) is 2.50. The van der Waals surface area contributed by atoms with Crippen molar-refractivity contribution in [3.8, 4) is 0 Å². The molecule has 0 aliphatic heterocycles. The topological polar surface area (TPSA) is 132 Å². The van der Waals surface area contributed by atoms with Crippen LogP contribution in [-0.4, -0.2) is 68.8 Å². The van der Waals surface area contributed by atoms with Gasteiger partial charge < -0.3 is 23.9 Å². The smallest absolute Gasteiger partial charge is 0.377 e. The second-order valence-electron chi connectivity index (χ2n) is 3.83. The molecule has 0 aromatic carbocycles. The van der Waals surface area contributed by atoms with E-state index in [9.17, 15) is 13.2 Å². The minimum absolute atomic E-state index is 0.0570. The molecule has 12 heteroatoms. The Bertz CT molecular complexity index is 392. The average Bonchev–Trinajstić information content (AvgIpc) is 2.44. The standard InChI is InChI=1S/C9H22N2O8SSi/c1-16-21(17-2,18-3)8-4-5-10-9(12)11-6-7-19-20(13,14)15/h4-8H2,1-3H3,(H2,10,11,12)(H,13,14,15). The molecule has 2 amide bonds. The normalized spacial score (nSPS) is 12.2. The molecule has 0 saturated carbocycles. The Kier molecular flexibility index (Phi) is 9.68. The highest BCUT2D eigenvalue weighted by atomic mass is 32.3. The van der Waals surface area contributed by atoms with Crippen LogP contribution in [0, 0.1) is 0 Å². The first-order valence-electron chi connectivity index (χ1n) is 6.07. The van der Waals surface area contributed by atoms with Crippen LogP contribution >= 0.6 is 0 Å². The fraction of sp³-hybridized carbons (Fsp3) is 0.889. The van der Waals surface area contributed by atoms with E-state index in [1.165, 1.54) is 21.3 Å². The SMILES string of the molecule is CO[Si](CCCNC(=O)NCCOS(=O)(=O)O)(OC)OC. The molecule has 21 heavy (non-hydrogen) atoms. The van der Waals surface area contributed by atoms with E-state index in [1.54, 1.807) is 0 Å². The van der Waals surface area contributed by atoms with Crippen molar-refractivity contribution in [2.75, 3.05) is 41.0 Å². The van der Waals surface area contributed by atoms with E-state index in [0.717, 1.165) is 0 Å². The molecule has 0 unspecified atom stereocenters. The number of nitrogens with one attached hydrogen (secondary N) is 2. The second-order valence-corrected chi connectivity index (χ2v) is 8.01. The van der Waals surface area contributed by atoms with E-state index in [0.29, 0.717) is 19.0 Å². The lowest BCUT2D eigenvalue weighted by Crippen LogP contribution is -2.44. The Labute approximate surface area is 125 Å². The molecule has 0 bridgehead atoms. The maximum atomic E-state index is 11.3. The van der Waals surface area contributed by atoms with Gasteiger partial charge >= 0.3 is 25.2 Å². The van der Waals surface area contributed by atoms with Gasteiger partial charge in [0.2, 0.25) is 0 Å². The lowest BCUT2D eigenvalue weighted by Gasteiger charge is -2.24. The monoisotopic (exact) mass is 346 g/mol. The van der Waals surface area contributed by atoms with Gasteiger partial charge in [-0.3, -0.25) is 4.55 Å². The van der Waals surface area contributed by atoms with Crippen LogP contribution in [0.3, 0.4) is 0 Å². The van der Waals surface area contributed by atoms with E-state index in [1.807, 2.05) is 0 Å². The Hall–Kier alpha value is -0.763. The van der Waals surface area contributed by atoms with Crippen LogP contribution in [0.4, 0.5) is 4.79 Å². The summed E-state index contributed by atoms with van der Waals surface area (Å²) in [5.74, 6) is 0. The molecule has 0 atom stereocenters. The van der Waals surface area contributed by atoms with E-state index in [4.69, 9.17) is 17.8 Å². The Morgan fingerprint density at radius 1 is 1.10 bits per heavy atom. The maximum absolute atomic E-state index is 11.3. The minimum atomic E-state index is -4.48. The van der Waals surface area contributed by atoms with Gasteiger partial charge in [-0.25, -0.2) is 8.98 Å². The van der Waals surface area contributed by atoms with Crippen LogP contribution in [0.1, 0.15) is 6.42 Å². The zero-order valence-corrected chi connectivity index (χ0v) is 14.1. The minimum Gasteiger partial charge on any atom is -0.377 e. The van der Waals surface area contributed by atoms with Crippen molar-refractivity contribution < 1.29 is 35.2 Å². The molecule has 10 nitrogen and oxygen atoms in total. The Balaban J connectivity index is 3.75. The van der Waals surface area contributed by atoms with Crippen LogP contribution in [-0.2, 0) is 27.9 Å². The third-order valence-corrected chi connectivity index (χ3v) is 5.79. The summed E-state index contributed by atoms with van der Waals surface area (Å²) in [4.78, 5) is 11.3. The predicted molar refractivity (Wildman–Crippen MR) is 75.1 cm³/mol. The number of rotatable bonds is 11. The highest BCUT2D eigenvalue weighted by molar-refractivity contribution is 7.80. The fourth-order valence-corrected chi connectivity index (χ4v) is 3.45. The van der Waals surface area contributed by atoms with Gasteiger partial charge in [0.25, 0.3) is 0 Å². The zero-order chi connectivity index (χ0) is 16.4. The number of carbonyl (C=O) groups excluding carboxylic acids is 1. The van der Waals surface area contributed by atoms with Crippen LogP contribution in [0.2, 0.25) is 6.04 Å². The average molecular weight is 346 g/mol. The maximum Gasteiger partial charge on any atom is 0.500 e. The summed E-state index contributed by atoms with van der Waals surface area (Å²) in [6.45, 7) is -0.0341. The third kappa shape index (κ3) is 9.73. The predicted octanol–water partition coefficient (Wildman–Crippen LogP) is -0.627. The van der Waals surface area contributed by atoms with E-state index in [2.05, 4.69) is 14.8 Å². The summed E-state index contributed by atoms with van der Waals surface area (Å²) >= 11 is 0. The number of hydrogen-bond acceptors (Lipinski definition) is 7. The van der Waals surface area contributed by atoms with Crippen molar-refractivity contribution in [1.29, 1.82) is 0 Å². The Morgan fingerprint density at radius 2 is 1.62 bits per heavy atom. The first-order valence-corrected chi connectivity index (χ1v) is 9.37. The van der Waals surface area contributed by atoms with Gasteiger partial charge in [-0.15, -0.1) is 0 Å². The van der Waals surface area contributed by atoms with Gasteiger partial charge in [0.15, 0.2) is 0 Å². The number of hydrogen-bond donors (Lipinski definition) is 3. The van der Waals surface area contributed by atoms with Crippen molar-refractivity contribution in [1.82, 2.24) is 10.6 Å². The molecular formula is C9H22N2O8SSi. The van der Waals surface area contributed by atoms with Crippen LogP contribution in [0.25, 0.3) is 0 Å². The summed E-state index contributed by atoms with van der Waals surface area (Å²) in [5.41, 5.74) is 0. The molecule has 0 aromatic rings. The molecule has 0 saturated heterocycles. The zero-order valence-electron chi connectivity index (χ0n) is 12.2. The highest BCUT2D eigenvalue weighted by Gasteiger charge is 2.36. The molecule has 0 aliphatic rings. The largest absolute Gasteiger partial charge is 0.500 e. The van der Waals surface area contributed by atoms with Crippen molar-refractivity contribution in [2.45, 2.75) is 12.5 Å². The lowest BCUT2D eigenvalue weighted by molar-refractivity contribution is 0.123. The molecular weight excluding hydrogens is 324 g/mol. The second kappa shape index (κ2) is 10.0. The molecule has 0 aliphatic carbocycles. The van der Waals surface area contributed by atoms with Crippen molar-refractivity contribution in [3.05, 3.63) is 0 Å².